The standard InChI is InChI=1S/C15H23NO4/c1-15(2,3)20-10-12(16)9-19-8-11-6-4-5-7-13(11)14(17)18/h4-7,12H,8-10,16H2,1-3H3,(H,17,18)/t12-/m0/s1. The molecule has 0 heterocycles. The fourth-order valence-electron chi connectivity index (χ4n) is 1.58. The van der Waals surface area contributed by atoms with Crippen molar-refractivity contribution in [2.45, 2.75) is 39.0 Å². The van der Waals surface area contributed by atoms with E-state index >= 15 is 0 Å². The third-order valence-corrected chi connectivity index (χ3v) is 2.57. The van der Waals surface area contributed by atoms with Gasteiger partial charge in [-0.05, 0) is 32.4 Å². The molecule has 0 radical (unpaired) electrons. The summed E-state index contributed by atoms with van der Waals surface area (Å²) >= 11 is 0. The summed E-state index contributed by atoms with van der Waals surface area (Å²) in [7, 11) is 0. The van der Waals surface area contributed by atoms with Crippen molar-refractivity contribution in [1.29, 1.82) is 0 Å². The topological polar surface area (TPSA) is 81.8 Å². The zero-order chi connectivity index (χ0) is 15.2. The highest BCUT2D eigenvalue weighted by Crippen LogP contribution is 2.11. The summed E-state index contributed by atoms with van der Waals surface area (Å²) in [5.41, 5.74) is 6.55. The zero-order valence-electron chi connectivity index (χ0n) is 12.3. The Bertz CT molecular complexity index is 440. The third kappa shape index (κ3) is 6.14. The number of benzene rings is 1. The highest BCUT2D eigenvalue weighted by molar-refractivity contribution is 5.89. The van der Waals surface area contributed by atoms with Gasteiger partial charge in [0.2, 0.25) is 0 Å². The molecular formula is C15H23NO4. The van der Waals surface area contributed by atoms with Gasteiger partial charge in [-0.15, -0.1) is 0 Å². The van der Waals surface area contributed by atoms with Crippen molar-refractivity contribution in [2.24, 2.45) is 5.73 Å². The minimum absolute atomic E-state index is 0.228. The van der Waals surface area contributed by atoms with Gasteiger partial charge in [0.15, 0.2) is 0 Å². The third-order valence-electron chi connectivity index (χ3n) is 2.57. The van der Waals surface area contributed by atoms with Crippen LogP contribution in [0.1, 0.15) is 36.7 Å². The van der Waals surface area contributed by atoms with Crippen LogP contribution in [-0.4, -0.2) is 35.9 Å². The zero-order valence-corrected chi connectivity index (χ0v) is 12.3. The van der Waals surface area contributed by atoms with Gasteiger partial charge in [0.25, 0.3) is 0 Å². The first-order valence-corrected chi connectivity index (χ1v) is 6.58. The highest BCUT2D eigenvalue weighted by atomic mass is 16.5. The fraction of sp³-hybridized carbons (Fsp3) is 0.533. The van der Waals surface area contributed by atoms with Crippen LogP contribution in [-0.2, 0) is 16.1 Å². The second kappa shape index (κ2) is 7.38. The molecule has 112 valence electrons. The lowest BCUT2D eigenvalue weighted by atomic mass is 10.1. The van der Waals surface area contributed by atoms with E-state index in [-0.39, 0.29) is 23.8 Å². The average molecular weight is 281 g/mol. The van der Waals surface area contributed by atoms with Gasteiger partial charge in [-0.1, -0.05) is 18.2 Å². The Labute approximate surface area is 119 Å². The van der Waals surface area contributed by atoms with Gasteiger partial charge >= 0.3 is 5.97 Å². The number of hydrogen-bond donors (Lipinski definition) is 2. The second-order valence-electron chi connectivity index (χ2n) is 5.66. The van der Waals surface area contributed by atoms with Crippen molar-refractivity contribution in [3.63, 3.8) is 0 Å². The van der Waals surface area contributed by atoms with E-state index in [0.29, 0.717) is 18.8 Å². The molecule has 0 unspecified atom stereocenters. The number of hydrogen-bond acceptors (Lipinski definition) is 4. The van der Waals surface area contributed by atoms with Gasteiger partial charge in [-0.25, -0.2) is 4.79 Å². The molecule has 5 nitrogen and oxygen atoms in total. The number of aromatic carboxylic acids is 1. The first-order chi connectivity index (χ1) is 9.29. The molecule has 0 saturated heterocycles. The number of carboxylic acid groups (broad SMARTS) is 1. The Balaban J connectivity index is 2.39. The molecule has 0 aliphatic heterocycles. The molecule has 0 aliphatic rings. The van der Waals surface area contributed by atoms with Crippen LogP contribution in [0.4, 0.5) is 0 Å². The molecule has 20 heavy (non-hydrogen) atoms. The van der Waals surface area contributed by atoms with Gasteiger partial charge in [-0.3, -0.25) is 0 Å². The molecule has 0 saturated carbocycles. The maximum Gasteiger partial charge on any atom is 0.336 e. The number of carbonyl (C=O) groups is 1. The molecule has 0 fully saturated rings. The second-order valence-corrected chi connectivity index (χ2v) is 5.66. The lowest BCUT2D eigenvalue weighted by Crippen LogP contribution is -2.35. The molecule has 0 spiro atoms. The quantitative estimate of drug-likeness (QED) is 0.799. The Morgan fingerprint density at radius 2 is 1.95 bits per heavy atom. The first kappa shape index (κ1) is 16.6. The van der Waals surface area contributed by atoms with Crippen LogP contribution in [0.15, 0.2) is 24.3 Å². The van der Waals surface area contributed by atoms with Gasteiger partial charge in [0.05, 0.1) is 37.0 Å². The van der Waals surface area contributed by atoms with Gasteiger partial charge in [-0.2, -0.15) is 0 Å². The molecule has 1 rings (SSSR count). The van der Waals surface area contributed by atoms with E-state index < -0.39 is 5.97 Å². The van der Waals surface area contributed by atoms with Crippen LogP contribution >= 0.6 is 0 Å². The number of rotatable bonds is 7. The number of nitrogens with two attached hydrogens (primary N) is 1. The lowest BCUT2D eigenvalue weighted by molar-refractivity contribution is -0.0235. The van der Waals surface area contributed by atoms with Crippen molar-refractivity contribution in [1.82, 2.24) is 0 Å². The van der Waals surface area contributed by atoms with Crippen LogP contribution < -0.4 is 5.73 Å². The monoisotopic (exact) mass is 281 g/mol. The summed E-state index contributed by atoms with van der Waals surface area (Å²) in [6.45, 7) is 6.84. The van der Waals surface area contributed by atoms with E-state index in [1.54, 1.807) is 24.3 Å². The van der Waals surface area contributed by atoms with Crippen LogP contribution in [0, 0.1) is 0 Å². The molecule has 3 N–H and O–H groups in total. The summed E-state index contributed by atoms with van der Waals surface area (Å²) < 4.78 is 11.0. The lowest BCUT2D eigenvalue weighted by Gasteiger charge is -2.22. The molecule has 0 aliphatic carbocycles. The molecule has 5 heteroatoms. The Morgan fingerprint density at radius 3 is 2.55 bits per heavy atom. The van der Waals surface area contributed by atoms with Crippen molar-refractivity contribution in [3.8, 4) is 0 Å². The minimum atomic E-state index is -0.954. The van der Waals surface area contributed by atoms with Crippen molar-refractivity contribution < 1.29 is 19.4 Å². The van der Waals surface area contributed by atoms with Crippen molar-refractivity contribution in [2.75, 3.05) is 13.2 Å². The largest absolute Gasteiger partial charge is 0.478 e. The Kier molecular flexibility index (Phi) is 6.13. The van der Waals surface area contributed by atoms with Crippen molar-refractivity contribution >= 4 is 5.97 Å². The first-order valence-electron chi connectivity index (χ1n) is 6.58. The number of carboxylic acids is 1. The highest BCUT2D eigenvalue weighted by Gasteiger charge is 2.13. The predicted molar refractivity (Wildman–Crippen MR) is 76.7 cm³/mol. The molecule has 1 aromatic rings. The normalized spacial score (nSPS) is 13.2. The van der Waals surface area contributed by atoms with Gasteiger partial charge in [0.1, 0.15) is 0 Å². The van der Waals surface area contributed by atoms with E-state index in [0.717, 1.165) is 0 Å². The van der Waals surface area contributed by atoms with Gasteiger partial charge < -0.3 is 20.3 Å². The maximum absolute atomic E-state index is 11.0. The summed E-state index contributed by atoms with van der Waals surface area (Å²) in [6.07, 6.45) is 0. The van der Waals surface area contributed by atoms with Crippen LogP contribution in [0.2, 0.25) is 0 Å². The van der Waals surface area contributed by atoms with E-state index in [2.05, 4.69) is 0 Å². The molecule has 0 bridgehead atoms. The summed E-state index contributed by atoms with van der Waals surface area (Å²) in [5, 5.41) is 9.05. The SMILES string of the molecule is CC(C)(C)OC[C@@H](N)COCc1ccccc1C(=O)O. The minimum Gasteiger partial charge on any atom is -0.478 e. The molecule has 0 aromatic heterocycles. The average Bonchev–Trinajstić information content (AvgIpc) is 2.36. The Morgan fingerprint density at radius 1 is 1.30 bits per heavy atom. The molecule has 1 atom stereocenters. The molecular weight excluding hydrogens is 258 g/mol. The summed E-state index contributed by atoms with van der Waals surface area (Å²) in [5.74, 6) is -0.954. The van der Waals surface area contributed by atoms with Crippen molar-refractivity contribution in [3.05, 3.63) is 35.4 Å². The van der Waals surface area contributed by atoms with E-state index in [1.165, 1.54) is 0 Å². The van der Waals surface area contributed by atoms with Crippen LogP contribution in [0.25, 0.3) is 0 Å². The fourth-order valence-corrected chi connectivity index (χ4v) is 1.58. The Hall–Kier alpha value is -1.43. The number of ether oxygens (including phenoxy) is 2. The molecule has 0 amide bonds. The van der Waals surface area contributed by atoms with E-state index in [1.807, 2.05) is 20.8 Å². The summed E-state index contributed by atoms with van der Waals surface area (Å²) in [6, 6.07) is 6.54. The smallest absolute Gasteiger partial charge is 0.336 e. The summed E-state index contributed by atoms with van der Waals surface area (Å²) in [4.78, 5) is 11.0. The predicted octanol–water partition coefficient (Wildman–Crippen LogP) is 2.04. The maximum atomic E-state index is 11.0. The van der Waals surface area contributed by atoms with Crippen LogP contribution in [0.5, 0.6) is 0 Å². The van der Waals surface area contributed by atoms with Crippen LogP contribution in [0.3, 0.4) is 0 Å². The molecule has 1 aromatic carbocycles. The van der Waals surface area contributed by atoms with Gasteiger partial charge in [0, 0.05) is 0 Å². The van der Waals surface area contributed by atoms with E-state index in [9.17, 15) is 4.79 Å². The van der Waals surface area contributed by atoms with E-state index in [4.69, 9.17) is 20.3 Å².